The van der Waals surface area contributed by atoms with Gasteiger partial charge >= 0.3 is 0 Å². The largest absolute Gasteiger partial charge is 0.483 e. The Morgan fingerprint density at radius 3 is 2.41 bits per heavy atom. The van der Waals surface area contributed by atoms with Gasteiger partial charge in [-0.05, 0) is 36.1 Å². The molecule has 2 amide bonds. The first-order chi connectivity index (χ1) is 10.2. The van der Waals surface area contributed by atoms with Crippen LogP contribution >= 0.6 is 34.8 Å². The topological polar surface area (TPSA) is 67.4 Å². The number of alkyl halides is 2. The van der Waals surface area contributed by atoms with Crippen molar-refractivity contribution in [2.45, 2.75) is 31.5 Å². The zero-order valence-electron chi connectivity index (χ0n) is 12.4. The van der Waals surface area contributed by atoms with Crippen LogP contribution in [-0.4, -0.2) is 23.3 Å². The predicted octanol–water partition coefficient (Wildman–Crippen LogP) is 3.10. The number of nitrogens with one attached hydrogen (secondary N) is 2. The highest BCUT2D eigenvalue weighted by molar-refractivity contribution is 6.53. The number of hydrogen-bond donors (Lipinski definition) is 2. The number of hydrogen-bond acceptors (Lipinski definition) is 3. The number of carbonyl (C=O) groups excluding carboxylic acids is 2. The molecule has 0 saturated heterocycles. The molecule has 0 saturated carbocycles. The number of carbonyl (C=O) groups is 2. The molecular weight excluding hydrogens is 351 g/mol. The maximum absolute atomic E-state index is 11.6. The summed E-state index contributed by atoms with van der Waals surface area (Å²) in [5, 5.41) is 0.642. The van der Waals surface area contributed by atoms with Gasteiger partial charge in [0.15, 0.2) is 11.4 Å². The van der Waals surface area contributed by atoms with Crippen LogP contribution in [0.1, 0.15) is 30.9 Å². The molecule has 0 bridgehead atoms. The smallest absolute Gasteiger partial charge is 0.276 e. The molecule has 1 aromatic carbocycles. The Bertz CT molecular complexity index is 563. The van der Waals surface area contributed by atoms with E-state index in [9.17, 15) is 9.59 Å². The molecule has 5 nitrogen and oxygen atoms in total. The summed E-state index contributed by atoms with van der Waals surface area (Å²) in [5.41, 5.74) is 5.97. The van der Waals surface area contributed by atoms with Gasteiger partial charge in [-0.1, -0.05) is 48.7 Å². The van der Waals surface area contributed by atoms with Crippen LogP contribution in [0.25, 0.3) is 0 Å². The second-order valence-electron chi connectivity index (χ2n) is 4.92. The third-order valence-corrected chi connectivity index (χ3v) is 3.60. The molecule has 0 aromatic heterocycles. The van der Waals surface area contributed by atoms with Gasteiger partial charge in [-0.25, -0.2) is 0 Å². The Hall–Kier alpha value is -1.17. The molecule has 0 unspecified atom stereocenters. The number of benzene rings is 1. The number of aryl methyl sites for hydroxylation is 1. The van der Waals surface area contributed by atoms with Gasteiger partial charge in [-0.2, -0.15) is 0 Å². The van der Waals surface area contributed by atoms with E-state index in [-0.39, 0.29) is 12.5 Å². The van der Waals surface area contributed by atoms with Crippen molar-refractivity contribution in [3.8, 4) is 5.75 Å². The van der Waals surface area contributed by atoms with Crippen molar-refractivity contribution in [2.75, 3.05) is 6.61 Å². The minimum atomic E-state index is -1.26. The Kier molecular flexibility index (Phi) is 7.26. The van der Waals surface area contributed by atoms with Crippen LogP contribution in [0.2, 0.25) is 5.02 Å². The maximum Gasteiger partial charge on any atom is 0.276 e. The van der Waals surface area contributed by atoms with Crippen molar-refractivity contribution in [2.24, 2.45) is 0 Å². The lowest BCUT2D eigenvalue weighted by atomic mass is 10.0. The van der Waals surface area contributed by atoms with Crippen molar-refractivity contribution < 1.29 is 14.3 Å². The number of halogens is 3. The molecule has 0 heterocycles. The van der Waals surface area contributed by atoms with E-state index in [0.29, 0.717) is 10.8 Å². The van der Waals surface area contributed by atoms with Crippen molar-refractivity contribution >= 4 is 46.6 Å². The van der Waals surface area contributed by atoms with Crippen molar-refractivity contribution in [3.05, 3.63) is 28.3 Å². The van der Waals surface area contributed by atoms with E-state index in [0.717, 1.165) is 11.1 Å². The zero-order valence-corrected chi connectivity index (χ0v) is 14.6. The SMILES string of the molecule is Cc1cc(OCC(=O)NNC(=O)C(Cl)Cl)c(C(C)C)cc1Cl. The van der Waals surface area contributed by atoms with E-state index in [4.69, 9.17) is 39.5 Å². The van der Waals surface area contributed by atoms with E-state index in [2.05, 4.69) is 10.9 Å². The third-order valence-electron chi connectivity index (χ3n) is 2.80. The lowest BCUT2D eigenvalue weighted by molar-refractivity contribution is -0.129. The van der Waals surface area contributed by atoms with Gasteiger partial charge in [-0.15, -0.1) is 0 Å². The van der Waals surface area contributed by atoms with Gasteiger partial charge in [0.1, 0.15) is 5.75 Å². The molecule has 0 radical (unpaired) electrons. The van der Waals surface area contributed by atoms with E-state index in [1.807, 2.05) is 26.8 Å². The molecule has 2 N–H and O–H groups in total. The quantitative estimate of drug-likeness (QED) is 0.621. The van der Waals surface area contributed by atoms with E-state index in [1.54, 1.807) is 6.07 Å². The Morgan fingerprint density at radius 1 is 1.23 bits per heavy atom. The summed E-state index contributed by atoms with van der Waals surface area (Å²) in [6, 6.07) is 3.60. The molecule has 0 atom stereocenters. The van der Waals surface area contributed by atoms with Crippen LogP contribution in [-0.2, 0) is 9.59 Å². The van der Waals surface area contributed by atoms with Crippen LogP contribution in [0.4, 0.5) is 0 Å². The summed E-state index contributed by atoms with van der Waals surface area (Å²) in [7, 11) is 0. The zero-order chi connectivity index (χ0) is 16.9. The molecule has 0 aliphatic rings. The summed E-state index contributed by atoms with van der Waals surface area (Å²) in [6.45, 7) is 5.57. The molecule has 122 valence electrons. The Labute approximate surface area is 144 Å². The Balaban J connectivity index is 2.66. The summed E-state index contributed by atoms with van der Waals surface area (Å²) in [5.74, 6) is -0.499. The van der Waals surface area contributed by atoms with E-state index < -0.39 is 16.7 Å². The highest BCUT2D eigenvalue weighted by Gasteiger charge is 2.14. The summed E-state index contributed by atoms with van der Waals surface area (Å²) in [4.78, 5) is 21.5. The highest BCUT2D eigenvalue weighted by atomic mass is 35.5. The standard InChI is InChI=1S/C14H17Cl3N2O3/c1-7(2)9-5-10(15)8(3)4-11(9)22-6-12(20)18-19-14(21)13(16)17/h4-5,7,13H,6H2,1-3H3,(H,18,20)(H,19,21). The number of ether oxygens (including phenoxy) is 1. The average Bonchev–Trinajstić information content (AvgIpc) is 2.44. The van der Waals surface area contributed by atoms with Crippen LogP contribution in [0.5, 0.6) is 5.75 Å². The first-order valence-corrected chi connectivity index (χ1v) is 7.77. The van der Waals surface area contributed by atoms with Gasteiger partial charge < -0.3 is 4.74 Å². The number of amides is 2. The van der Waals surface area contributed by atoms with E-state index in [1.165, 1.54) is 0 Å². The molecule has 22 heavy (non-hydrogen) atoms. The third kappa shape index (κ3) is 5.55. The van der Waals surface area contributed by atoms with Gasteiger partial charge in [0, 0.05) is 5.02 Å². The molecule has 0 spiro atoms. The Morgan fingerprint density at radius 2 is 1.86 bits per heavy atom. The van der Waals surface area contributed by atoms with Gasteiger partial charge in [0.25, 0.3) is 11.8 Å². The average molecular weight is 368 g/mol. The summed E-state index contributed by atoms with van der Waals surface area (Å²) < 4.78 is 5.50. The highest BCUT2D eigenvalue weighted by Crippen LogP contribution is 2.31. The van der Waals surface area contributed by atoms with Crippen LogP contribution in [0.3, 0.4) is 0 Å². The van der Waals surface area contributed by atoms with Gasteiger partial charge in [0.2, 0.25) is 0 Å². The lowest BCUT2D eigenvalue weighted by Crippen LogP contribution is -2.45. The summed E-state index contributed by atoms with van der Waals surface area (Å²) >= 11 is 16.8. The lowest BCUT2D eigenvalue weighted by Gasteiger charge is -2.16. The minimum Gasteiger partial charge on any atom is -0.483 e. The van der Waals surface area contributed by atoms with Crippen molar-refractivity contribution in [3.63, 3.8) is 0 Å². The second-order valence-corrected chi connectivity index (χ2v) is 6.42. The fraction of sp³-hybridized carbons (Fsp3) is 0.429. The van der Waals surface area contributed by atoms with Crippen molar-refractivity contribution in [1.82, 2.24) is 10.9 Å². The van der Waals surface area contributed by atoms with E-state index >= 15 is 0 Å². The molecule has 8 heteroatoms. The van der Waals surface area contributed by atoms with Crippen LogP contribution in [0.15, 0.2) is 12.1 Å². The van der Waals surface area contributed by atoms with Crippen molar-refractivity contribution in [1.29, 1.82) is 0 Å². The predicted molar refractivity (Wildman–Crippen MR) is 87.6 cm³/mol. The minimum absolute atomic E-state index is 0.184. The molecule has 0 fully saturated rings. The molecule has 1 rings (SSSR count). The van der Waals surface area contributed by atoms with Crippen LogP contribution < -0.4 is 15.6 Å². The van der Waals surface area contributed by atoms with Gasteiger partial charge in [0.05, 0.1) is 0 Å². The maximum atomic E-state index is 11.6. The molecule has 1 aromatic rings. The first kappa shape index (κ1) is 18.9. The first-order valence-electron chi connectivity index (χ1n) is 6.52. The van der Waals surface area contributed by atoms with Gasteiger partial charge in [-0.3, -0.25) is 20.4 Å². The van der Waals surface area contributed by atoms with Crippen LogP contribution in [0, 0.1) is 6.92 Å². The summed E-state index contributed by atoms with van der Waals surface area (Å²) in [6.07, 6.45) is 0. The molecule has 0 aliphatic heterocycles. The normalized spacial score (nSPS) is 10.7. The monoisotopic (exact) mass is 366 g/mol. The number of rotatable bonds is 5. The molecular formula is C14H17Cl3N2O3. The fourth-order valence-electron chi connectivity index (χ4n) is 1.61. The molecule has 0 aliphatic carbocycles. The second kappa shape index (κ2) is 8.46. The number of hydrazine groups is 1. The fourth-order valence-corrected chi connectivity index (χ4v) is 1.89.